The third-order valence-corrected chi connectivity index (χ3v) is 7.96. The number of nitrogen functional groups attached to an aromatic ring is 1. The molecule has 39 heavy (non-hydrogen) atoms. The molecular weight excluding hydrogens is 496 g/mol. The Kier molecular flexibility index (Phi) is 7.67. The molecular formula is C29H36N6O4. The molecule has 10 heteroatoms. The van der Waals surface area contributed by atoms with Crippen LogP contribution >= 0.6 is 0 Å². The molecule has 0 unspecified atom stereocenters. The number of nitrogens with one attached hydrogen (secondary N) is 1. The first-order chi connectivity index (χ1) is 18.8. The van der Waals surface area contributed by atoms with E-state index in [1.54, 1.807) is 6.07 Å². The zero-order valence-electron chi connectivity index (χ0n) is 22.4. The molecule has 206 valence electrons. The highest BCUT2D eigenvalue weighted by Gasteiger charge is 2.50. The van der Waals surface area contributed by atoms with Gasteiger partial charge in [-0.1, -0.05) is 38.8 Å². The molecule has 5 rings (SSSR count). The molecule has 4 atom stereocenters. The second-order valence-corrected chi connectivity index (χ2v) is 10.8. The van der Waals surface area contributed by atoms with Crippen LogP contribution in [-0.4, -0.2) is 54.6 Å². The van der Waals surface area contributed by atoms with Crippen molar-refractivity contribution < 1.29 is 19.7 Å². The van der Waals surface area contributed by atoms with Crippen LogP contribution in [0.15, 0.2) is 48.9 Å². The van der Waals surface area contributed by atoms with Gasteiger partial charge in [-0.15, -0.1) is 0 Å². The quantitative estimate of drug-likeness (QED) is 0.229. The molecule has 0 spiro atoms. The molecule has 1 amide bonds. The number of anilines is 2. The van der Waals surface area contributed by atoms with Crippen molar-refractivity contribution in [3.05, 3.63) is 54.5 Å². The van der Waals surface area contributed by atoms with Crippen LogP contribution in [0, 0.1) is 5.41 Å². The number of aromatic nitrogens is 4. The van der Waals surface area contributed by atoms with Crippen LogP contribution in [-0.2, 0) is 11.2 Å². The molecule has 3 heterocycles. The van der Waals surface area contributed by atoms with Crippen molar-refractivity contribution in [3.8, 4) is 0 Å². The molecule has 1 saturated carbocycles. The second kappa shape index (κ2) is 11.2. The van der Waals surface area contributed by atoms with Crippen molar-refractivity contribution in [1.82, 2.24) is 19.5 Å². The summed E-state index contributed by atoms with van der Waals surface area (Å²) in [5, 5.41) is 26.5. The fraction of sp³-hybridized carbons (Fsp3) is 0.448. The Balaban J connectivity index is 1.26. The minimum atomic E-state index is -0.935. The fourth-order valence-electron chi connectivity index (χ4n) is 5.59. The predicted octanol–water partition coefficient (Wildman–Crippen LogP) is 4.61. The average molecular weight is 533 g/mol. The molecule has 3 aromatic heterocycles. The number of carbonyl (C=O) groups is 1. The SMILES string of the molecule is CCCCCOC(=O)Nc1ccc2ccc(CC[C@@]3(C)C[C@@H](n4ccc5c(N)ncnc54)[C@H](O)[C@@H]3O)cc2n1. The van der Waals surface area contributed by atoms with Crippen LogP contribution in [0.5, 0.6) is 0 Å². The van der Waals surface area contributed by atoms with Crippen LogP contribution in [0.1, 0.15) is 57.6 Å². The number of nitrogens with two attached hydrogens (primary N) is 1. The number of ether oxygens (including phenoxy) is 1. The van der Waals surface area contributed by atoms with Crippen LogP contribution in [0.2, 0.25) is 0 Å². The van der Waals surface area contributed by atoms with E-state index in [0.29, 0.717) is 43.2 Å². The normalized spacial score (nSPS) is 22.9. The van der Waals surface area contributed by atoms with E-state index in [-0.39, 0.29) is 6.04 Å². The first-order valence-corrected chi connectivity index (χ1v) is 13.6. The van der Waals surface area contributed by atoms with Gasteiger partial charge >= 0.3 is 6.09 Å². The molecule has 5 N–H and O–H groups in total. The van der Waals surface area contributed by atoms with Gasteiger partial charge in [0.15, 0.2) is 0 Å². The highest BCUT2D eigenvalue weighted by atomic mass is 16.5. The molecule has 1 aliphatic carbocycles. The van der Waals surface area contributed by atoms with Gasteiger partial charge in [0.2, 0.25) is 0 Å². The number of nitrogens with zero attached hydrogens (tertiary/aromatic N) is 4. The lowest BCUT2D eigenvalue weighted by molar-refractivity contribution is -0.0241. The Morgan fingerprint density at radius 2 is 2.03 bits per heavy atom. The van der Waals surface area contributed by atoms with Crippen molar-refractivity contribution in [2.75, 3.05) is 17.7 Å². The zero-order valence-corrected chi connectivity index (χ0v) is 22.4. The highest BCUT2D eigenvalue weighted by molar-refractivity contribution is 5.87. The summed E-state index contributed by atoms with van der Waals surface area (Å²) in [5.74, 6) is 0.828. The van der Waals surface area contributed by atoms with Gasteiger partial charge in [0, 0.05) is 11.6 Å². The summed E-state index contributed by atoms with van der Waals surface area (Å²) >= 11 is 0. The van der Waals surface area contributed by atoms with E-state index in [0.717, 1.165) is 41.1 Å². The van der Waals surface area contributed by atoms with Gasteiger partial charge in [-0.3, -0.25) is 5.32 Å². The lowest BCUT2D eigenvalue weighted by atomic mass is 9.80. The number of hydrogen-bond acceptors (Lipinski definition) is 8. The smallest absolute Gasteiger partial charge is 0.412 e. The molecule has 1 aliphatic rings. The first kappa shape index (κ1) is 26.8. The number of aliphatic hydroxyl groups is 2. The summed E-state index contributed by atoms with van der Waals surface area (Å²) < 4.78 is 7.12. The van der Waals surface area contributed by atoms with Crippen molar-refractivity contribution in [1.29, 1.82) is 0 Å². The minimum Gasteiger partial charge on any atom is -0.449 e. The number of fused-ring (bicyclic) bond motifs is 2. The molecule has 0 bridgehead atoms. The maximum atomic E-state index is 12.1. The summed E-state index contributed by atoms with van der Waals surface area (Å²) in [4.78, 5) is 25.1. The van der Waals surface area contributed by atoms with Gasteiger partial charge in [0.1, 0.15) is 29.7 Å². The van der Waals surface area contributed by atoms with Crippen molar-refractivity contribution >= 4 is 39.7 Å². The Morgan fingerprint density at radius 3 is 2.85 bits per heavy atom. The third-order valence-electron chi connectivity index (χ3n) is 7.96. The van der Waals surface area contributed by atoms with Crippen LogP contribution in [0.25, 0.3) is 21.9 Å². The van der Waals surface area contributed by atoms with Crippen molar-refractivity contribution in [2.24, 2.45) is 5.41 Å². The van der Waals surface area contributed by atoms with Crippen LogP contribution in [0.4, 0.5) is 16.4 Å². The van der Waals surface area contributed by atoms with Gasteiger partial charge < -0.3 is 25.3 Å². The van der Waals surface area contributed by atoms with Crippen LogP contribution < -0.4 is 11.1 Å². The molecule has 0 radical (unpaired) electrons. The maximum absolute atomic E-state index is 12.1. The summed E-state index contributed by atoms with van der Waals surface area (Å²) in [6.45, 7) is 4.50. The number of aliphatic hydroxyl groups excluding tert-OH is 2. The Morgan fingerprint density at radius 1 is 1.21 bits per heavy atom. The third kappa shape index (κ3) is 5.53. The molecule has 4 aromatic rings. The summed E-state index contributed by atoms with van der Waals surface area (Å²) in [6.07, 6.45) is 5.82. The Bertz CT molecular complexity index is 1470. The van der Waals surface area contributed by atoms with Crippen molar-refractivity contribution in [3.63, 3.8) is 0 Å². The number of pyridine rings is 1. The van der Waals surface area contributed by atoms with Gasteiger partial charge in [0.05, 0.1) is 29.7 Å². The molecule has 1 fully saturated rings. The van der Waals surface area contributed by atoms with E-state index in [9.17, 15) is 15.0 Å². The number of rotatable bonds is 9. The first-order valence-electron chi connectivity index (χ1n) is 13.6. The van der Waals surface area contributed by atoms with E-state index in [1.807, 2.05) is 42.0 Å². The monoisotopic (exact) mass is 532 g/mol. The summed E-state index contributed by atoms with van der Waals surface area (Å²) in [5.41, 5.74) is 7.96. The highest BCUT2D eigenvalue weighted by Crippen LogP contribution is 2.48. The summed E-state index contributed by atoms with van der Waals surface area (Å²) in [7, 11) is 0. The van der Waals surface area contributed by atoms with Gasteiger partial charge in [0.25, 0.3) is 0 Å². The summed E-state index contributed by atoms with van der Waals surface area (Å²) in [6, 6.07) is 11.3. The largest absolute Gasteiger partial charge is 0.449 e. The molecule has 0 aliphatic heterocycles. The number of hydrogen-bond donors (Lipinski definition) is 4. The Labute approximate surface area is 227 Å². The lowest BCUT2D eigenvalue weighted by Crippen LogP contribution is -2.35. The number of amides is 1. The molecule has 10 nitrogen and oxygen atoms in total. The Hall–Kier alpha value is -3.76. The topological polar surface area (TPSA) is 148 Å². The number of carbonyl (C=O) groups excluding carboxylic acids is 1. The number of aryl methyl sites for hydroxylation is 1. The molecule has 0 saturated heterocycles. The van der Waals surface area contributed by atoms with Crippen LogP contribution in [0.3, 0.4) is 0 Å². The lowest BCUT2D eigenvalue weighted by Gasteiger charge is -2.28. The predicted molar refractivity (Wildman–Crippen MR) is 150 cm³/mol. The standard InChI is InChI=1S/C29H36N6O4/c1-3-4-5-14-39-28(38)34-23-9-8-19-7-6-18(15-21(19)33-23)10-12-29(2)16-22(24(36)25(29)37)35-13-11-20-26(30)31-17-32-27(20)35/h6-9,11,13,15,17,22,24-25,36-37H,3-5,10,12,14,16H2,1-2H3,(H2,30,31,32)(H,33,34,38)/t22-,24+,25+,29+/m1/s1. The second-order valence-electron chi connectivity index (χ2n) is 10.8. The number of unbranched alkanes of at least 4 members (excludes halogenated alkanes) is 2. The fourth-order valence-corrected chi connectivity index (χ4v) is 5.59. The van der Waals surface area contributed by atoms with Gasteiger partial charge in [-0.25, -0.2) is 19.7 Å². The van der Waals surface area contributed by atoms with Gasteiger partial charge in [-0.2, -0.15) is 0 Å². The zero-order chi connectivity index (χ0) is 27.6. The van der Waals surface area contributed by atoms with E-state index >= 15 is 0 Å². The maximum Gasteiger partial charge on any atom is 0.412 e. The van der Waals surface area contributed by atoms with E-state index in [2.05, 4.69) is 33.3 Å². The van der Waals surface area contributed by atoms with E-state index < -0.39 is 23.7 Å². The average Bonchev–Trinajstić information content (AvgIpc) is 3.46. The van der Waals surface area contributed by atoms with E-state index in [4.69, 9.17) is 10.5 Å². The van der Waals surface area contributed by atoms with E-state index in [1.165, 1.54) is 6.33 Å². The van der Waals surface area contributed by atoms with Gasteiger partial charge in [-0.05, 0) is 60.9 Å². The number of benzene rings is 1. The van der Waals surface area contributed by atoms with Crippen molar-refractivity contribution in [2.45, 2.75) is 70.6 Å². The minimum absolute atomic E-state index is 0.328. The molecule has 1 aromatic carbocycles.